The van der Waals surface area contributed by atoms with Gasteiger partial charge in [0.05, 0.1) is 25.3 Å². The fourth-order valence-corrected chi connectivity index (χ4v) is 2.11. The van der Waals surface area contributed by atoms with Crippen molar-refractivity contribution in [3.63, 3.8) is 0 Å². The third kappa shape index (κ3) is 6.07. The standard InChI is InChI=1S/C19H22N4O2/c1-21-19(23-14-16-5-3-15(13-20)4-6-16)22-11-12-25-18-9-7-17(24-2)8-10-18/h3-10H,11-12,14H2,1-2H3,(H2,21,22,23). The van der Waals surface area contributed by atoms with E-state index in [4.69, 9.17) is 14.7 Å². The van der Waals surface area contributed by atoms with Crippen molar-refractivity contribution in [3.05, 3.63) is 59.7 Å². The van der Waals surface area contributed by atoms with Gasteiger partial charge in [0.2, 0.25) is 0 Å². The predicted molar refractivity (Wildman–Crippen MR) is 97.8 cm³/mol. The summed E-state index contributed by atoms with van der Waals surface area (Å²) in [6.45, 7) is 1.77. The maximum Gasteiger partial charge on any atom is 0.191 e. The summed E-state index contributed by atoms with van der Waals surface area (Å²) < 4.78 is 10.8. The van der Waals surface area contributed by atoms with Crippen molar-refractivity contribution in [1.82, 2.24) is 10.6 Å². The quantitative estimate of drug-likeness (QED) is 0.460. The Bertz CT molecular complexity index is 719. The first-order valence-electron chi connectivity index (χ1n) is 7.95. The SMILES string of the molecule is CN=C(NCCOc1ccc(OC)cc1)NCc1ccc(C#N)cc1. The van der Waals surface area contributed by atoms with Gasteiger partial charge in [-0.1, -0.05) is 12.1 Å². The monoisotopic (exact) mass is 338 g/mol. The summed E-state index contributed by atoms with van der Waals surface area (Å²) in [6.07, 6.45) is 0. The number of hydrogen-bond donors (Lipinski definition) is 2. The van der Waals surface area contributed by atoms with E-state index in [1.54, 1.807) is 26.3 Å². The van der Waals surface area contributed by atoms with Crippen LogP contribution < -0.4 is 20.1 Å². The van der Waals surface area contributed by atoms with Crippen molar-refractivity contribution in [2.24, 2.45) is 4.99 Å². The molecule has 0 aromatic heterocycles. The van der Waals surface area contributed by atoms with Gasteiger partial charge in [-0.2, -0.15) is 5.26 Å². The van der Waals surface area contributed by atoms with Crippen molar-refractivity contribution in [2.75, 3.05) is 27.3 Å². The molecule has 0 spiro atoms. The van der Waals surface area contributed by atoms with Crippen molar-refractivity contribution in [3.8, 4) is 17.6 Å². The lowest BCUT2D eigenvalue weighted by atomic mass is 10.1. The van der Waals surface area contributed by atoms with Crippen LogP contribution >= 0.6 is 0 Å². The van der Waals surface area contributed by atoms with Crippen LogP contribution in [0.2, 0.25) is 0 Å². The smallest absolute Gasteiger partial charge is 0.191 e. The van der Waals surface area contributed by atoms with Gasteiger partial charge in [0, 0.05) is 13.6 Å². The van der Waals surface area contributed by atoms with Gasteiger partial charge in [0.15, 0.2) is 5.96 Å². The Labute approximate surface area is 148 Å². The molecule has 130 valence electrons. The van der Waals surface area contributed by atoms with Crippen LogP contribution in [0, 0.1) is 11.3 Å². The highest BCUT2D eigenvalue weighted by atomic mass is 16.5. The third-order valence-corrected chi connectivity index (χ3v) is 3.49. The number of benzene rings is 2. The number of methoxy groups -OCH3 is 1. The molecular formula is C19H22N4O2. The Morgan fingerprint density at radius 2 is 1.72 bits per heavy atom. The molecule has 0 saturated carbocycles. The average Bonchev–Trinajstić information content (AvgIpc) is 2.68. The largest absolute Gasteiger partial charge is 0.497 e. The highest BCUT2D eigenvalue weighted by molar-refractivity contribution is 5.79. The molecule has 0 fully saturated rings. The van der Waals surface area contributed by atoms with E-state index in [9.17, 15) is 0 Å². The molecule has 0 atom stereocenters. The molecule has 25 heavy (non-hydrogen) atoms. The number of aliphatic imine (C=N–C) groups is 1. The predicted octanol–water partition coefficient (Wildman–Crippen LogP) is 2.31. The summed E-state index contributed by atoms with van der Waals surface area (Å²) in [5.74, 6) is 2.30. The molecular weight excluding hydrogens is 316 g/mol. The molecule has 6 nitrogen and oxygen atoms in total. The summed E-state index contributed by atoms with van der Waals surface area (Å²) in [5.41, 5.74) is 1.73. The van der Waals surface area contributed by atoms with Crippen LogP contribution in [-0.2, 0) is 6.54 Å². The van der Waals surface area contributed by atoms with Crippen LogP contribution in [0.5, 0.6) is 11.5 Å². The number of rotatable bonds is 7. The zero-order valence-corrected chi connectivity index (χ0v) is 14.5. The van der Waals surface area contributed by atoms with E-state index in [2.05, 4.69) is 21.7 Å². The van der Waals surface area contributed by atoms with Crippen molar-refractivity contribution < 1.29 is 9.47 Å². The van der Waals surface area contributed by atoms with Gasteiger partial charge in [-0.15, -0.1) is 0 Å². The molecule has 0 radical (unpaired) electrons. The number of nitriles is 1. The van der Waals surface area contributed by atoms with E-state index in [1.807, 2.05) is 36.4 Å². The molecule has 2 rings (SSSR count). The lowest BCUT2D eigenvalue weighted by Gasteiger charge is -2.13. The van der Waals surface area contributed by atoms with Gasteiger partial charge < -0.3 is 20.1 Å². The van der Waals surface area contributed by atoms with Gasteiger partial charge in [0.25, 0.3) is 0 Å². The van der Waals surface area contributed by atoms with Crippen molar-refractivity contribution in [2.45, 2.75) is 6.54 Å². The van der Waals surface area contributed by atoms with Crippen LogP contribution in [0.15, 0.2) is 53.5 Å². The first kappa shape index (κ1) is 18.1. The van der Waals surface area contributed by atoms with Gasteiger partial charge in [0.1, 0.15) is 18.1 Å². The second kappa shape index (κ2) is 9.83. The van der Waals surface area contributed by atoms with E-state index in [1.165, 1.54) is 0 Å². The second-order valence-electron chi connectivity index (χ2n) is 5.19. The molecule has 0 saturated heterocycles. The van der Waals surface area contributed by atoms with Gasteiger partial charge in [-0.05, 0) is 42.0 Å². The lowest BCUT2D eigenvalue weighted by Crippen LogP contribution is -2.38. The molecule has 0 unspecified atom stereocenters. The van der Waals surface area contributed by atoms with E-state index < -0.39 is 0 Å². The van der Waals surface area contributed by atoms with E-state index in [0.717, 1.165) is 17.1 Å². The second-order valence-corrected chi connectivity index (χ2v) is 5.19. The zero-order valence-electron chi connectivity index (χ0n) is 14.5. The minimum atomic E-state index is 0.518. The lowest BCUT2D eigenvalue weighted by molar-refractivity contribution is 0.321. The first-order valence-corrected chi connectivity index (χ1v) is 7.95. The highest BCUT2D eigenvalue weighted by Gasteiger charge is 2.00. The number of nitrogens with one attached hydrogen (secondary N) is 2. The summed E-state index contributed by atoms with van der Waals surface area (Å²) in [4.78, 5) is 4.17. The maximum atomic E-state index is 8.80. The Kier molecular flexibility index (Phi) is 7.13. The number of ether oxygens (including phenoxy) is 2. The van der Waals surface area contributed by atoms with Crippen LogP contribution in [0.25, 0.3) is 0 Å². The molecule has 2 N–H and O–H groups in total. The molecule has 2 aromatic carbocycles. The van der Waals surface area contributed by atoms with E-state index in [0.29, 0.717) is 31.2 Å². The maximum absolute atomic E-state index is 8.80. The highest BCUT2D eigenvalue weighted by Crippen LogP contribution is 2.16. The molecule has 6 heteroatoms. The molecule has 0 amide bonds. The minimum Gasteiger partial charge on any atom is -0.497 e. The van der Waals surface area contributed by atoms with Crippen molar-refractivity contribution in [1.29, 1.82) is 5.26 Å². The summed E-state index contributed by atoms with van der Waals surface area (Å²) in [5, 5.41) is 15.2. The van der Waals surface area contributed by atoms with Gasteiger partial charge >= 0.3 is 0 Å². The minimum absolute atomic E-state index is 0.518. The van der Waals surface area contributed by atoms with Crippen LogP contribution in [-0.4, -0.2) is 33.3 Å². The molecule has 0 aliphatic carbocycles. The van der Waals surface area contributed by atoms with Crippen molar-refractivity contribution >= 4 is 5.96 Å². The van der Waals surface area contributed by atoms with Crippen LogP contribution in [0.4, 0.5) is 0 Å². The molecule has 0 aliphatic heterocycles. The summed E-state index contributed by atoms with van der Waals surface area (Å²) in [6, 6.07) is 17.0. The number of nitrogens with zero attached hydrogens (tertiary/aromatic N) is 2. The van der Waals surface area contributed by atoms with Crippen LogP contribution in [0.1, 0.15) is 11.1 Å². The normalized spacial score (nSPS) is 10.7. The molecule has 0 bridgehead atoms. The Balaban J connectivity index is 1.69. The Morgan fingerprint density at radius 3 is 2.32 bits per heavy atom. The third-order valence-electron chi connectivity index (χ3n) is 3.49. The summed E-state index contributed by atoms with van der Waals surface area (Å²) >= 11 is 0. The number of guanidine groups is 1. The Hall–Kier alpha value is -3.20. The van der Waals surface area contributed by atoms with E-state index in [-0.39, 0.29) is 0 Å². The first-order chi connectivity index (χ1) is 12.2. The van der Waals surface area contributed by atoms with E-state index >= 15 is 0 Å². The fraction of sp³-hybridized carbons (Fsp3) is 0.263. The zero-order chi connectivity index (χ0) is 17.9. The molecule has 2 aromatic rings. The molecule has 0 aliphatic rings. The molecule has 0 heterocycles. The van der Waals surface area contributed by atoms with Gasteiger partial charge in [-0.3, -0.25) is 4.99 Å². The Morgan fingerprint density at radius 1 is 1.04 bits per heavy atom. The van der Waals surface area contributed by atoms with Gasteiger partial charge in [-0.25, -0.2) is 0 Å². The summed E-state index contributed by atoms with van der Waals surface area (Å²) in [7, 11) is 3.36. The fourth-order valence-electron chi connectivity index (χ4n) is 2.11. The average molecular weight is 338 g/mol. The number of hydrogen-bond acceptors (Lipinski definition) is 4. The van der Waals surface area contributed by atoms with Crippen LogP contribution in [0.3, 0.4) is 0 Å². The topological polar surface area (TPSA) is 78.7 Å².